The van der Waals surface area contributed by atoms with E-state index in [0.29, 0.717) is 11.4 Å². The van der Waals surface area contributed by atoms with Crippen LogP contribution in [0, 0.1) is 12.3 Å². The van der Waals surface area contributed by atoms with E-state index < -0.39 is 0 Å². The molecule has 1 rings (SSSR count). The second-order valence-corrected chi connectivity index (χ2v) is 2.80. The quantitative estimate of drug-likeness (QED) is 0.513. The molecule has 0 bridgehead atoms. The Hall–Kier alpha value is -0.950. The molecule has 0 aliphatic heterocycles. The van der Waals surface area contributed by atoms with Crippen molar-refractivity contribution < 1.29 is 0 Å². The number of aromatic amines is 1. The standard InChI is InChI=1S/C7H9N3S/c1-3-4-5(2)6-7(11)9-10-8-6/h1,5H,4H2,2H3,(H2,8,9,10,11)/t5-/m1/s1. The van der Waals surface area contributed by atoms with Gasteiger partial charge in [0.1, 0.15) is 5.03 Å². The zero-order valence-electron chi connectivity index (χ0n) is 6.20. The molecule has 1 aromatic heterocycles. The van der Waals surface area contributed by atoms with Crippen molar-refractivity contribution in [2.75, 3.05) is 0 Å². The third-order valence-electron chi connectivity index (χ3n) is 1.45. The molecule has 0 fully saturated rings. The van der Waals surface area contributed by atoms with Crippen LogP contribution in [-0.4, -0.2) is 15.4 Å². The Balaban J connectivity index is 2.77. The van der Waals surface area contributed by atoms with Gasteiger partial charge in [-0.2, -0.15) is 0 Å². The molecular weight excluding hydrogens is 158 g/mol. The maximum Gasteiger partial charge on any atom is 0.112 e. The number of H-pyrrole nitrogens is 1. The first-order valence-corrected chi connectivity index (χ1v) is 3.73. The Kier molecular flexibility index (Phi) is 2.55. The third kappa shape index (κ3) is 1.75. The van der Waals surface area contributed by atoms with E-state index in [1.54, 1.807) is 0 Å². The van der Waals surface area contributed by atoms with Crippen LogP contribution in [0.4, 0.5) is 0 Å². The van der Waals surface area contributed by atoms with Gasteiger partial charge in [0.2, 0.25) is 0 Å². The highest BCUT2D eigenvalue weighted by Gasteiger charge is 2.10. The molecule has 0 saturated carbocycles. The summed E-state index contributed by atoms with van der Waals surface area (Å²) in [5.74, 6) is 2.80. The highest BCUT2D eigenvalue weighted by molar-refractivity contribution is 7.80. The molecule has 0 aliphatic carbocycles. The minimum absolute atomic E-state index is 0.228. The predicted molar refractivity (Wildman–Crippen MR) is 45.5 cm³/mol. The summed E-state index contributed by atoms with van der Waals surface area (Å²) >= 11 is 4.13. The zero-order chi connectivity index (χ0) is 8.27. The van der Waals surface area contributed by atoms with Crippen molar-refractivity contribution in [2.24, 2.45) is 0 Å². The predicted octanol–water partition coefficient (Wildman–Crippen LogP) is 1.22. The van der Waals surface area contributed by atoms with Gasteiger partial charge in [0.15, 0.2) is 0 Å². The minimum Gasteiger partial charge on any atom is -0.252 e. The third-order valence-corrected chi connectivity index (χ3v) is 1.78. The lowest BCUT2D eigenvalue weighted by Crippen LogP contribution is -1.93. The molecule has 3 nitrogen and oxygen atoms in total. The number of rotatable bonds is 2. The largest absolute Gasteiger partial charge is 0.252 e. The summed E-state index contributed by atoms with van der Waals surface area (Å²) in [7, 11) is 0. The molecular formula is C7H9N3S. The number of aromatic nitrogens is 3. The fraction of sp³-hybridized carbons (Fsp3) is 0.429. The van der Waals surface area contributed by atoms with Gasteiger partial charge < -0.3 is 0 Å². The second kappa shape index (κ2) is 3.44. The van der Waals surface area contributed by atoms with E-state index in [4.69, 9.17) is 6.42 Å². The van der Waals surface area contributed by atoms with Gasteiger partial charge in [0.05, 0.1) is 5.69 Å². The summed E-state index contributed by atoms with van der Waals surface area (Å²) in [5.41, 5.74) is 0.839. The van der Waals surface area contributed by atoms with Crippen LogP contribution in [0.2, 0.25) is 0 Å². The van der Waals surface area contributed by atoms with E-state index in [1.807, 2.05) is 6.92 Å². The molecule has 0 aromatic carbocycles. The van der Waals surface area contributed by atoms with Crippen molar-refractivity contribution in [1.29, 1.82) is 0 Å². The van der Waals surface area contributed by atoms with Gasteiger partial charge in [-0.3, -0.25) is 5.10 Å². The van der Waals surface area contributed by atoms with Gasteiger partial charge in [-0.25, -0.2) is 0 Å². The maximum absolute atomic E-state index is 5.15. The fourth-order valence-corrected chi connectivity index (χ4v) is 1.15. The Morgan fingerprint density at radius 3 is 3.00 bits per heavy atom. The van der Waals surface area contributed by atoms with Crippen molar-refractivity contribution in [1.82, 2.24) is 15.4 Å². The Morgan fingerprint density at radius 2 is 2.55 bits per heavy atom. The first-order valence-electron chi connectivity index (χ1n) is 3.29. The van der Waals surface area contributed by atoms with Gasteiger partial charge in [0, 0.05) is 12.3 Å². The molecule has 1 heterocycles. The first-order chi connectivity index (χ1) is 5.25. The molecule has 1 atom stereocenters. The summed E-state index contributed by atoms with van der Waals surface area (Å²) in [6.07, 6.45) is 5.82. The van der Waals surface area contributed by atoms with Crippen molar-refractivity contribution in [2.45, 2.75) is 24.3 Å². The van der Waals surface area contributed by atoms with E-state index in [-0.39, 0.29) is 5.92 Å². The van der Waals surface area contributed by atoms with Crippen LogP contribution in [-0.2, 0) is 0 Å². The maximum atomic E-state index is 5.15. The monoisotopic (exact) mass is 167 g/mol. The molecule has 58 valence electrons. The van der Waals surface area contributed by atoms with E-state index in [9.17, 15) is 0 Å². The number of hydrogen-bond donors (Lipinski definition) is 2. The Labute approximate surface area is 71.0 Å². The highest BCUT2D eigenvalue weighted by atomic mass is 32.1. The van der Waals surface area contributed by atoms with E-state index in [1.165, 1.54) is 0 Å². The van der Waals surface area contributed by atoms with Gasteiger partial charge in [-0.15, -0.1) is 30.1 Å². The summed E-state index contributed by atoms with van der Waals surface area (Å²) in [6, 6.07) is 0. The lowest BCUT2D eigenvalue weighted by Gasteiger charge is -2.01. The summed E-state index contributed by atoms with van der Waals surface area (Å²) in [4.78, 5) is 0. The minimum atomic E-state index is 0.228. The average molecular weight is 167 g/mol. The summed E-state index contributed by atoms with van der Waals surface area (Å²) in [5, 5.41) is 10.8. The van der Waals surface area contributed by atoms with Crippen molar-refractivity contribution in [3.63, 3.8) is 0 Å². The lowest BCUT2D eigenvalue weighted by atomic mass is 10.1. The molecule has 0 amide bonds. The van der Waals surface area contributed by atoms with E-state index in [2.05, 4.69) is 34.0 Å². The SMILES string of the molecule is C#CC[C@@H](C)c1nn[nH]c1S. The van der Waals surface area contributed by atoms with Crippen LogP contribution >= 0.6 is 12.6 Å². The normalized spacial score (nSPS) is 12.5. The van der Waals surface area contributed by atoms with Crippen LogP contribution in [0.5, 0.6) is 0 Å². The molecule has 0 radical (unpaired) electrons. The van der Waals surface area contributed by atoms with Gasteiger partial charge in [-0.05, 0) is 0 Å². The molecule has 4 heteroatoms. The number of thiol groups is 1. The molecule has 0 spiro atoms. The van der Waals surface area contributed by atoms with Crippen LogP contribution in [0.3, 0.4) is 0 Å². The number of hydrogen-bond acceptors (Lipinski definition) is 3. The zero-order valence-corrected chi connectivity index (χ0v) is 7.10. The smallest absolute Gasteiger partial charge is 0.112 e. The average Bonchev–Trinajstić information content (AvgIpc) is 2.36. The van der Waals surface area contributed by atoms with Crippen molar-refractivity contribution in [3.8, 4) is 12.3 Å². The van der Waals surface area contributed by atoms with Crippen LogP contribution in [0.25, 0.3) is 0 Å². The highest BCUT2D eigenvalue weighted by Crippen LogP contribution is 2.20. The topological polar surface area (TPSA) is 41.6 Å². The summed E-state index contributed by atoms with van der Waals surface area (Å²) in [6.45, 7) is 2.00. The second-order valence-electron chi connectivity index (χ2n) is 2.35. The molecule has 1 aromatic rings. The van der Waals surface area contributed by atoms with Crippen molar-refractivity contribution in [3.05, 3.63) is 5.69 Å². The fourth-order valence-electron chi connectivity index (χ4n) is 0.836. The molecule has 11 heavy (non-hydrogen) atoms. The van der Waals surface area contributed by atoms with E-state index in [0.717, 1.165) is 5.69 Å². The van der Waals surface area contributed by atoms with Crippen LogP contribution in [0.15, 0.2) is 5.03 Å². The Bertz CT molecular complexity index is 273. The van der Waals surface area contributed by atoms with E-state index >= 15 is 0 Å². The number of terminal acetylenes is 1. The van der Waals surface area contributed by atoms with Crippen molar-refractivity contribution >= 4 is 12.6 Å². The number of nitrogens with one attached hydrogen (secondary N) is 1. The molecule has 0 unspecified atom stereocenters. The number of nitrogens with zero attached hydrogens (tertiary/aromatic N) is 2. The van der Waals surface area contributed by atoms with Gasteiger partial charge in [-0.1, -0.05) is 12.1 Å². The van der Waals surface area contributed by atoms with Gasteiger partial charge in [0.25, 0.3) is 0 Å². The Morgan fingerprint density at radius 1 is 1.82 bits per heavy atom. The lowest BCUT2D eigenvalue weighted by molar-refractivity contribution is 0.741. The molecule has 0 aliphatic rings. The molecule has 1 N–H and O–H groups in total. The molecule has 0 saturated heterocycles. The van der Waals surface area contributed by atoms with Crippen LogP contribution in [0.1, 0.15) is 25.0 Å². The van der Waals surface area contributed by atoms with Crippen LogP contribution < -0.4 is 0 Å². The first kappa shape index (κ1) is 8.15. The summed E-state index contributed by atoms with van der Waals surface area (Å²) < 4.78 is 0. The van der Waals surface area contributed by atoms with Gasteiger partial charge >= 0.3 is 0 Å².